The van der Waals surface area contributed by atoms with E-state index in [-0.39, 0.29) is 0 Å². The van der Waals surface area contributed by atoms with Crippen LogP contribution >= 0.6 is 11.3 Å². The Morgan fingerprint density at radius 3 is 1.13 bits per heavy atom. The summed E-state index contributed by atoms with van der Waals surface area (Å²) < 4.78 is 12.2. The van der Waals surface area contributed by atoms with Gasteiger partial charge in [-0.3, -0.25) is 4.98 Å². The summed E-state index contributed by atoms with van der Waals surface area (Å²) in [6.07, 6.45) is 3.89. The van der Waals surface area contributed by atoms with E-state index in [1.165, 1.54) is 10.8 Å². The SMILES string of the molecule is Cc1cccc2c3ccccc3n(-c3c(C#N)c(-n4c5ccccc5c5cccc(C)c54)c(-n4c5ccccc5c5cccc(C)c54)c(-c4ccc5c(c4)sc4cnccc45)c3-n3c4ccccc4c4cccc(C)c43)c12. The van der Waals surface area contributed by atoms with Crippen LogP contribution in [-0.4, -0.2) is 23.3 Å². The van der Waals surface area contributed by atoms with Crippen molar-refractivity contribution in [2.24, 2.45) is 0 Å². The van der Waals surface area contributed by atoms with Gasteiger partial charge in [0.15, 0.2) is 0 Å². The maximum atomic E-state index is 13.0. The van der Waals surface area contributed by atoms with E-state index in [9.17, 15) is 5.26 Å². The van der Waals surface area contributed by atoms with Gasteiger partial charge in [0, 0.05) is 76.5 Å². The first-order valence-corrected chi connectivity index (χ1v) is 27.1. The maximum absolute atomic E-state index is 13.0. The van der Waals surface area contributed by atoms with Crippen LogP contribution in [0.4, 0.5) is 0 Å². The molecule has 0 radical (unpaired) electrons. The van der Waals surface area contributed by atoms with E-state index in [1.807, 2.05) is 12.4 Å². The number of hydrogen-bond acceptors (Lipinski definition) is 3. The lowest BCUT2D eigenvalue weighted by molar-refractivity contribution is 1.03. The number of hydrogen-bond donors (Lipinski definition) is 0. The third-order valence-corrected chi connectivity index (χ3v) is 17.7. The molecule has 16 rings (SSSR count). The monoisotopic (exact) mass is 1000 g/mol. The highest BCUT2D eigenvalue weighted by Crippen LogP contribution is 2.53. The number of aryl methyl sites for hydroxylation is 4. The fourth-order valence-corrected chi connectivity index (χ4v) is 14.5. The van der Waals surface area contributed by atoms with E-state index in [2.05, 4.69) is 251 Å². The standard InChI is InChI=1S/C70H46N6S/c1-40-17-13-25-51-45-21-5-9-29-56(45)73(63(40)51)67-55(38-71)68(74-57-30-10-6-22-46(57)52-26-14-18-41(2)64(52)74)70(76-59-32-12-8-24-48(59)54-28-16-20-43(4)66(54)76)62(44-33-34-49-50-35-36-72-39-61(50)77-60(49)37-44)69(67)75-58-31-11-7-23-47(58)53-27-15-19-42(3)65(53)75/h5-37,39H,1-4H3. The van der Waals surface area contributed by atoms with E-state index < -0.39 is 0 Å². The molecule has 0 spiro atoms. The molecule has 16 aromatic rings. The third kappa shape index (κ3) is 5.85. The highest BCUT2D eigenvalue weighted by Gasteiger charge is 2.36. The van der Waals surface area contributed by atoms with E-state index in [1.54, 1.807) is 11.3 Å². The molecule has 0 saturated heterocycles. The second-order valence-corrected chi connectivity index (χ2v) is 21.8. The van der Waals surface area contributed by atoms with Crippen molar-refractivity contribution in [1.29, 1.82) is 5.26 Å². The van der Waals surface area contributed by atoms with Crippen molar-refractivity contribution in [3.63, 3.8) is 0 Å². The van der Waals surface area contributed by atoms with Crippen LogP contribution in [0.3, 0.4) is 0 Å². The number of benzene rings is 10. The Morgan fingerprint density at radius 1 is 0.364 bits per heavy atom. The molecule has 0 N–H and O–H groups in total. The highest BCUT2D eigenvalue weighted by atomic mass is 32.1. The molecule has 6 nitrogen and oxygen atoms in total. The summed E-state index contributed by atoms with van der Waals surface area (Å²) >= 11 is 1.78. The van der Waals surface area contributed by atoms with Crippen LogP contribution in [0.15, 0.2) is 207 Å². The fraction of sp³-hybridized carbons (Fsp3) is 0.0571. The zero-order valence-electron chi connectivity index (χ0n) is 42.7. The van der Waals surface area contributed by atoms with Crippen molar-refractivity contribution < 1.29 is 0 Å². The minimum atomic E-state index is 0.559. The molecule has 6 heterocycles. The first-order valence-electron chi connectivity index (χ1n) is 26.3. The van der Waals surface area contributed by atoms with Gasteiger partial charge in [0.2, 0.25) is 0 Å². The summed E-state index contributed by atoms with van der Waals surface area (Å²) in [5.41, 5.74) is 19.0. The number of nitriles is 1. The minimum Gasteiger partial charge on any atom is -0.306 e. The lowest BCUT2D eigenvalue weighted by Crippen LogP contribution is -2.17. The summed E-state index contributed by atoms with van der Waals surface area (Å²) in [5, 5.41) is 24.5. The average molecular weight is 1000 g/mol. The van der Waals surface area contributed by atoms with E-state index in [0.717, 1.165) is 153 Å². The van der Waals surface area contributed by atoms with E-state index >= 15 is 0 Å². The fourth-order valence-electron chi connectivity index (χ4n) is 13.4. The molecule has 7 heteroatoms. The quantitative estimate of drug-likeness (QED) is 0.172. The Bertz CT molecular complexity index is 5030. The molecule has 0 aliphatic rings. The lowest BCUT2D eigenvalue weighted by Gasteiger charge is -2.30. The van der Waals surface area contributed by atoms with Crippen LogP contribution in [0, 0.1) is 39.0 Å². The molecule has 0 unspecified atom stereocenters. The average Bonchev–Trinajstić information content (AvgIpc) is 4.48. The lowest BCUT2D eigenvalue weighted by atomic mass is 9.92. The van der Waals surface area contributed by atoms with Crippen LogP contribution in [-0.2, 0) is 0 Å². The molecule has 77 heavy (non-hydrogen) atoms. The van der Waals surface area contributed by atoms with Gasteiger partial charge < -0.3 is 18.3 Å². The van der Waals surface area contributed by atoms with E-state index in [0.29, 0.717) is 5.56 Å². The zero-order chi connectivity index (χ0) is 51.4. The molecule has 362 valence electrons. The van der Waals surface area contributed by atoms with Gasteiger partial charge in [-0.2, -0.15) is 5.26 Å². The topological polar surface area (TPSA) is 56.4 Å². The van der Waals surface area contributed by atoms with Gasteiger partial charge in [0.05, 0.1) is 71.6 Å². The van der Waals surface area contributed by atoms with Crippen LogP contribution in [0.2, 0.25) is 0 Å². The Morgan fingerprint density at radius 2 is 0.727 bits per heavy atom. The number of thiophene rings is 1. The van der Waals surface area contributed by atoms with Gasteiger partial charge in [-0.1, -0.05) is 158 Å². The van der Waals surface area contributed by atoms with Crippen LogP contribution in [0.25, 0.3) is 141 Å². The van der Waals surface area contributed by atoms with Gasteiger partial charge >= 0.3 is 0 Å². The largest absolute Gasteiger partial charge is 0.306 e. The Hall–Kier alpha value is -9.74. The van der Waals surface area contributed by atoms with Gasteiger partial charge in [-0.25, -0.2) is 0 Å². The number of nitrogens with zero attached hydrogens (tertiary/aromatic N) is 6. The zero-order valence-corrected chi connectivity index (χ0v) is 43.5. The maximum Gasteiger partial charge on any atom is 0.104 e. The number of fused-ring (bicyclic) bond motifs is 15. The molecule has 6 aromatic heterocycles. The molecule has 0 saturated carbocycles. The Balaban J connectivity index is 1.29. The van der Waals surface area contributed by atoms with Gasteiger partial charge in [0.25, 0.3) is 0 Å². The van der Waals surface area contributed by atoms with Crippen molar-refractivity contribution in [2.45, 2.75) is 27.7 Å². The smallest absolute Gasteiger partial charge is 0.104 e. The predicted molar refractivity (Wildman–Crippen MR) is 324 cm³/mol. The minimum absolute atomic E-state index is 0.559. The molecule has 10 aromatic carbocycles. The molecular weight excluding hydrogens is 957 g/mol. The van der Waals surface area contributed by atoms with Gasteiger partial charge in [-0.15, -0.1) is 11.3 Å². The van der Waals surface area contributed by atoms with Crippen molar-refractivity contribution in [1.82, 2.24) is 23.3 Å². The van der Waals surface area contributed by atoms with Crippen LogP contribution < -0.4 is 0 Å². The first kappa shape index (κ1) is 43.6. The number of pyridine rings is 1. The molecule has 0 aliphatic carbocycles. The van der Waals surface area contributed by atoms with Gasteiger partial charge in [0.1, 0.15) is 11.6 Å². The summed E-state index contributed by atoms with van der Waals surface area (Å²) in [6.45, 7) is 8.89. The molecule has 0 atom stereocenters. The van der Waals surface area contributed by atoms with Crippen LogP contribution in [0.5, 0.6) is 0 Å². The molecule has 0 bridgehead atoms. The summed E-state index contributed by atoms with van der Waals surface area (Å²) in [4.78, 5) is 4.60. The first-order chi connectivity index (χ1) is 37.9. The van der Waals surface area contributed by atoms with Crippen molar-refractivity contribution in [2.75, 3.05) is 0 Å². The number of para-hydroxylation sites is 8. The van der Waals surface area contributed by atoms with Gasteiger partial charge in [-0.05, 0) is 91.9 Å². The molecule has 0 aliphatic heterocycles. The van der Waals surface area contributed by atoms with Crippen molar-refractivity contribution >= 4 is 119 Å². The summed E-state index contributed by atoms with van der Waals surface area (Å²) in [5.74, 6) is 0. The third-order valence-electron chi connectivity index (χ3n) is 16.6. The second kappa shape index (κ2) is 16.1. The van der Waals surface area contributed by atoms with Crippen molar-refractivity contribution in [3.05, 3.63) is 234 Å². The predicted octanol–water partition coefficient (Wildman–Crippen LogP) is 18.6. The normalized spacial score (nSPS) is 12.1. The summed E-state index contributed by atoms with van der Waals surface area (Å²) in [6, 6.07) is 74.1. The Labute approximate surface area is 446 Å². The Kier molecular flexibility index (Phi) is 9.14. The van der Waals surface area contributed by atoms with Crippen molar-refractivity contribution in [3.8, 4) is 39.9 Å². The highest BCUT2D eigenvalue weighted by molar-refractivity contribution is 7.25. The molecular formula is C70H46N6S. The van der Waals surface area contributed by atoms with E-state index in [4.69, 9.17) is 0 Å². The molecule has 0 amide bonds. The second-order valence-electron chi connectivity index (χ2n) is 20.7. The summed E-state index contributed by atoms with van der Waals surface area (Å²) in [7, 11) is 0. The van der Waals surface area contributed by atoms with Crippen LogP contribution in [0.1, 0.15) is 27.8 Å². The number of aromatic nitrogens is 5. The number of rotatable bonds is 5. The molecule has 0 fully saturated rings.